The first-order chi connectivity index (χ1) is 8.97. The van der Waals surface area contributed by atoms with E-state index in [1.54, 1.807) is 28.8 Å². The summed E-state index contributed by atoms with van der Waals surface area (Å²) in [7, 11) is 0. The smallest absolute Gasteiger partial charge is 0.233 e. The van der Waals surface area contributed by atoms with Crippen LogP contribution in [0.4, 0.5) is 0 Å². The Morgan fingerprint density at radius 2 is 2.37 bits per heavy atom. The molecule has 1 aromatic heterocycles. The highest BCUT2D eigenvalue weighted by Crippen LogP contribution is 2.55. The summed E-state index contributed by atoms with van der Waals surface area (Å²) in [5.41, 5.74) is 0. The maximum Gasteiger partial charge on any atom is 0.233 e. The molecule has 0 saturated carbocycles. The first-order valence-electron chi connectivity index (χ1n) is 6.08. The molecular formula is C13H14N2O3S. The lowest BCUT2D eigenvalue weighted by molar-refractivity contribution is -0.159. The zero-order valence-electron chi connectivity index (χ0n) is 10.6. The zero-order valence-corrected chi connectivity index (χ0v) is 11.4. The maximum absolute atomic E-state index is 12.2. The van der Waals surface area contributed by atoms with Crippen LogP contribution in [-0.2, 0) is 4.79 Å². The lowest BCUT2D eigenvalue weighted by Gasteiger charge is -2.44. The van der Waals surface area contributed by atoms with Crippen molar-refractivity contribution in [1.29, 1.82) is 5.26 Å². The van der Waals surface area contributed by atoms with Gasteiger partial charge in [0.2, 0.25) is 5.91 Å². The lowest BCUT2D eigenvalue weighted by atomic mass is 9.87. The Bertz CT molecular complexity index is 549. The number of thioether (sulfide) groups is 1. The number of aliphatic hydroxyl groups is 1. The van der Waals surface area contributed by atoms with Gasteiger partial charge in [-0.3, -0.25) is 4.79 Å². The van der Waals surface area contributed by atoms with Gasteiger partial charge in [0, 0.05) is 4.75 Å². The summed E-state index contributed by atoms with van der Waals surface area (Å²) in [6.07, 6.45) is 0.535. The van der Waals surface area contributed by atoms with Gasteiger partial charge in [0.15, 0.2) is 0 Å². The average molecular weight is 278 g/mol. The second kappa shape index (κ2) is 4.02. The number of nitrogens with zero attached hydrogens (tertiary/aromatic N) is 2. The van der Waals surface area contributed by atoms with E-state index in [4.69, 9.17) is 4.42 Å². The van der Waals surface area contributed by atoms with Crippen molar-refractivity contribution in [2.45, 2.75) is 36.1 Å². The summed E-state index contributed by atoms with van der Waals surface area (Å²) in [6, 6.07) is 5.10. The molecule has 4 atom stereocenters. The van der Waals surface area contributed by atoms with Crippen LogP contribution >= 0.6 is 11.8 Å². The molecule has 2 aliphatic rings. The number of fused-ring (bicyclic) bond motifs is 1. The van der Waals surface area contributed by atoms with E-state index in [-0.39, 0.29) is 16.0 Å². The number of nitriles is 1. The topological polar surface area (TPSA) is 77.5 Å². The highest BCUT2D eigenvalue weighted by atomic mass is 32.2. The molecule has 2 aliphatic heterocycles. The standard InChI is InChI=1S/C13H14N2O3S/c1-13(2)8(6-14)15-11(17)9(12(15)19-13)10(16)7-4-3-5-18-7/h3-5,8-10,12,16H,1-2H3. The molecule has 5 nitrogen and oxygen atoms in total. The van der Waals surface area contributed by atoms with E-state index in [1.807, 2.05) is 13.8 Å². The van der Waals surface area contributed by atoms with Crippen LogP contribution in [0.1, 0.15) is 25.7 Å². The average Bonchev–Trinajstić information content (AvgIpc) is 2.94. The van der Waals surface area contributed by atoms with Crippen molar-refractivity contribution in [3.05, 3.63) is 24.2 Å². The van der Waals surface area contributed by atoms with Gasteiger partial charge in [0.1, 0.15) is 23.8 Å². The van der Waals surface area contributed by atoms with E-state index in [0.717, 1.165) is 0 Å². The number of hydrogen-bond donors (Lipinski definition) is 1. The van der Waals surface area contributed by atoms with Gasteiger partial charge in [-0.05, 0) is 26.0 Å². The van der Waals surface area contributed by atoms with Crippen molar-refractivity contribution < 1.29 is 14.3 Å². The number of aliphatic hydroxyl groups excluding tert-OH is 1. The molecular weight excluding hydrogens is 264 g/mol. The predicted molar refractivity (Wildman–Crippen MR) is 68.9 cm³/mol. The fraction of sp³-hybridized carbons (Fsp3) is 0.538. The summed E-state index contributed by atoms with van der Waals surface area (Å²) in [6.45, 7) is 3.90. The molecule has 100 valence electrons. The second-order valence-electron chi connectivity index (χ2n) is 5.38. The Balaban J connectivity index is 1.86. The minimum Gasteiger partial charge on any atom is -0.467 e. The maximum atomic E-state index is 12.2. The Kier molecular flexibility index (Phi) is 2.66. The van der Waals surface area contributed by atoms with E-state index in [0.29, 0.717) is 5.76 Å². The molecule has 6 heteroatoms. The molecule has 2 fully saturated rings. The largest absolute Gasteiger partial charge is 0.467 e. The van der Waals surface area contributed by atoms with Crippen molar-refractivity contribution in [3.63, 3.8) is 0 Å². The summed E-state index contributed by atoms with van der Waals surface area (Å²) >= 11 is 1.57. The third kappa shape index (κ3) is 1.62. The number of rotatable bonds is 2. The molecule has 1 amide bonds. The Hall–Kier alpha value is -1.45. The van der Waals surface area contributed by atoms with Crippen LogP contribution in [-0.4, -0.2) is 32.1 Å². The SMILES string of the molecule is CC1(C)SC2C(C(O)c3ccco3)C(=O)N2C1C#N. The van der Waals surface area contributed by atoms with E-state index >= 15 is 0 Å². The molecule has 1 aromatic rings. The van der Waals surface area contributed by atoms with Crippen LogP contribution in [0.3, 0.4) is 0 Å². The molecule has 19 heavy (non-hydrogen) atoms. The fourth-order valence-electron chi connectivity index (χ4n) is 2.77. The van der Waals surface area contributed by atoms with E-state index in [1.165, 1.54) is 6.26 Å². The summed E-state index contributed by atoms with van der Waals surface area (Å²) in [4.78, 5) is 13.8. The van der Waals surface area contributed by atoms with E-state index in [9.17, 15) is 15.2 Å². The molecule has 0 aromatic carbocycles. The normalized spacial score (nSPS) is 33.5. The van der Waals surface area contributed by atoms with Gasteiger partial charge in [-0.1, -0.05) is 0 Å². The van der Waals surface area contributed by atoms with Crippen molar-refractivity contribution in [1.82, 2.24) is 4.90 Å². The van der Waals surface area contributed by atoms with Crippen LogP contribution < -0.4 is 0 Å². The third-order valence-electron chi connectivity index (χ3n) is 3.78. The van der Waals surface area contributed by atoms with Gasteiger partial charge in [0.05, 0.1) is 17.7 Å². The van der Waals surface area contributed by atoms with Crippen molar-refractivity contribution in [3.8, 4) is 6.07 Å². The molecule has 3 heterocycles. The number of β-lactam (4-membered cyclic amide) rings is 1. The van der Waals surface area contributed by atoms with Crippen LogP contribution in [0.5, 0.6) is 0 Å². The minimum atomic E-state index is -0.940. The number of furan rings is 1. The second-order valence-corrected chi connectivity index (χ2v) is 7.15. The van der Waals surface area contributed by atoms with Gasteiger partial charge in [-0.2, -0.15) is 5.26 Å². The molecule has 3 rings (SSSR count). The Labute approximate surface area is 115 Å². The monoisotopic (exact) mass is 278 g/mol. The van der Waals surface area contributed by atoms with Gasteiger partial charge in [-0.15, -0.1) is 11.8 Å². The van der Waals surface area contributed by atoms with E-state index < -0.39 is 18.1 Å². The molecule has 1 N–H and O–H groups in total. The molecule has 0 radical (unpaired) electrons. The predicted octanol–water partition coefficient (Wildman–Crippen LogP) is 1.52. The molecule has 0 aliphatic carbocycles. The van der Waals surface area contributed by atoms with Crippen LogP contribution in [0.25, 0.3) is 0 Å². The van der Waals surface area contributed by atoms with Crippen molar-refractivity contribution >= 4 is 17.7 Å². The van der Waals surface area contributed by atoms with Gasteiger partial charge in [-0.25, -0.2) is 0 Å². The van der Waals surface area contributed by atoms with E-state index in [2.05, 4.69) is 6.07 Å². The van der Waals surface area contributed by atoms with Gasteiger partial charge in [0.25, 0.3) is 0 Å². The van der Waals surface area contributed by atoms with Crippen LogP contribution in [0.15, 0.2) is 22.8 Å². The Morgan fingerprint density at radius 1 is 1.63 bits per heavy atom. The van der Waals surface area contributed by atoms with Crippen LogP contribution in [0, 0.1) is 17.2 Å². The van der Waals surface area contributed by atoms with Gasteiger partial charge >= 0.3 is 0 Å². The lowest BCUT2D eigenvalue weighted by Crippen LogP contribution is -2.61. The minimum absolute atomic E-state index is 0.146. The van der Waals surface area contributed by atoms with Gasteiger partial charge < -0.3 is 14.4 Å². The molecule has 2 saturated heterocycles. The van der Waals surface area contributed by atoms with Crippen LogP contribution in [0.2, 0.25) is 0 Å². The van der Waals surface area contributed by atoms with Crippen molar-refractivity contribution in [2.75, 3.05) is 0 Å². The molecule has 4 unspecified atom stereocenters. The fourth-order valence-corrected chi connectivity index (χ4v) is 4.44. The van der Waals surface area contributed by atoms with Crippen molar-refractivity contribution in [2.24, 2.45) is 5.92 Å². The molecule has 0 spiro atoms. The Morgan fingerprint density at radius 3 is 2.95 bits per heavy atom. The number of amides is 1. The molecule has 0 bridgehead atoms. The highest BCUT2D eigenvalue weighted by molar-refractivity contribution is 8.01. The summed E-state index contributed by atoms with van der Waals surface area (Å²) in [5.74, 6) is -0.288. The number of carbonyl (C=O) groups excluding carboxylic acids is 1. The number of hydrogen-bond acceptors (Lipinski definition) is 5. The number of carbonyl (C=O) groups is 1. The first kappa shape index (κ1) is 12.6. The summed E-state index contributed by atoms with van der Waals surface area (Å²) in [5, 5.41) is 19.3. The third-order valence-corrected chi connectivity index (χ3v) is 5.37. The zero-order chi connectivity index (χ0) is 13.8. The quantitative estimate of drug-likeness (QED) is 0.830. The first-order valence-corrected chi connectivity index (χ1v) is 6.96. The highest BCUT2D eigenvalue weighted by Gasteiger charge is 2.63. The summed E-state index contributed by atoms with van der Waals surface area (Å²) < 4.78 is 4.85.